The summed E-state index contributed by atoms with van der Waals surface area (Å²) in [5.41, 5.74) is 6.71. The fourth-order valence-corrected chi connectivity index (χ4v) is 3.04. The number of esters is 1. The molecule has 0 saturated carbocycles. The van der Waals surface area contributed by atoms with E-state index < -0.39 is 5.97 Å². The number of hydrogen-bond donors (Lipinski definition) is 1. The van der Waals surface area contributed by atoms with E-state index in [4.69, 9.17) is 22.1 Å². The van der Waals surface area contributed by atoms with E-state index in [0.717, 1.165) is 9.75 Å². The van der Waals surface area contributed by atoms with Crippen LogP contribution in [0, 0.1) is 13.8 Å². The molecule has 110 valence electrons. The van der Waals surface area contributed by atoms with Gasteiger partial charge in [-0.2, -0.15) is 0 Å². The van der Waals surface area contributed by atoms with E-state index in [2.05, 4.69) is 0 Å². The van der Waals surface area contributed by atoms with Crippen molar-refractivity contribution in [3.8, 4) is 0 Å². The Hall–Kier alpha value is -1.85. The second kappa shape index (κ2) is 6.28. The number of carbonyl (C=O) groups excluding carboxylic acids is 2. The predicted octanol–water partition coefficient (Wildman–Crippen LogP) is 3.64. The molecule has 0 aliphatic rings. The summed E-state index contributed by atoms with van der Waals surface area (Å²) in [6, 6.07) is 6.28. The first-order valence-corrected chi connectivity index (χ1v) is 7.40. The highest BCUT2D eigenvalue weighted by molar-refractivity contribution is 7.12. The highest BCUT2D eigenvalue weighted by Crippen LogP contribution is 2.22. The molecule has 0 spiro atoms. The standard InChI is InChI=1S/C15H14ClNO3S/c1-8-5-12(9(2)21-8)14(18)7-20-15(19)11-4-3-10(16)6-13(11)17/h3-6H,7,17H2,1-2H3. The van der Waals surface area contributed by atoms with Crippen LogP contribution in [-0.2, 0) is 4.74 Å². The summed E-state index contributed by atoms with van der Waals surface area (Å²) < 4.78 is 5.02. The maximum absolute atomic E-state index is 12.0. The topological polar surface area (TPSA) is 69.4 Å². The Bertz CT molecular complexity index is 709. The molecule has 0 unspecified atom stereocenters. The average molecular weight is 324 g/mol. The van der Waals surface area contributed by atoms with Crippen molar-refractivity contribution in [2.45, 2.75) is 13.8 Å². The van der Waals surface area contributed by atoms with E-state index in [1.807, 2.05) is 13.8 Å². The van der Waals surface area contributed by atoms with Gasteiger partial charge in [0.15, 0.2) is 6.61 Å². The number of halogens is 1. The molecular weight excluding hydrogens is 310 g/mol. The highest BCUT2D eigenvalue weighted by Gasteiger charge is 2.16. The molecular formula is C15H14ClNO3S. The van der Waals surface area contributed by atoms with Gasteiger partial charge in [-0.15, -0.1) is 11.3 Å². The summed E-state index contributed by atoms with van der Waals surface area (Å²) in [6.07, 6.45) is 0. The van der Waals surface area contributed by atoms with Gasteiger partial charge in [-0.25, -0.2) is 4.79 Å². The van der Waals surface area contributed by atoms with E-state index in [-0.39, 0.29) is 23.6 Å². The van der Waals surface area contributed by atoms with Crippen molar-refractivity contribution in [3.05, 3.63) is 50.2 Å². The first-order valence-electron chi connectivity index (χ1n) is 6.21. The zero-order chi connectivity index (χ0) is 15.6. The van der Waals surface area contributed by atoms with E-state index in [1.165, 1.54) is 23.5 Å². The molecule has 0 aliphatic heterocycles. The zero-order valence-electron chi connectivity index (χ0n) is 11.6. The Morgan fingerprint density at radius 1 is 1.24 bits per heavy atom. The second-order valence-corrected chi connectivity index (χ2v) is 6.45. The van der Waals surface area contributed by atoms with Crippen molar-refractivity contribution >= 4 is 40.4 Å². The number of anilines is 1. The van der Waals surface area contributed by atoms with Crippen LogP contribution in [0.4, 0.5) is 5.69 Å². The minimum absolute atomic E-state index is 0.199. The second-order valence-electron chi connectivity index (χ2n) is 4.56. The van der Waals surface area contributed by atoms with Crippen molar-refractivity contribution < 1.29 is 14.3 Å². The van der Waals surface area contributed by atoms with Crippen molar-refractivity contribution in [2.75, 3.05) is 12.3 Å². The van der Waals surface area contributed by atoms with Crippen molar-refractivity contribution in [3.63, 3.8) is 0 Å². The first-order chi connectivity index (χ1) is 9.88. The molecule has 1 aromatic heterocycles. The van der Waals surface area contributed by atoms with Gasteiger partial charge >= 0.3 is 5.97 Å². The fraction of sp³-hybridized carbons (Fsp3) is 0.200. The molecule has 0 amide bonds. The fourth-order valence-electron chi connectivity index (χ4n) is 1.91. The van der Waals surface area contributed by atoms with Gasteiger partial charge in [0, 0.05) is 26.0 Å². The average Bonchev–Trinajstić information content (AvgIpc) is 2.74. The summed E-state index contributed by atoms with van der Waals surface area (Å²) in [5.74, 6) is -0.861. The maximum Gasteiger partial charge on any atom is 0.340 e. The predicted molar refractivity (Wildman–Crippen MR) is 84.3 cm³/mol. The summed E-state index contributed by atoms with van der Waals surface area (Å²) in [5, 5.41) is 0.435. The van der Waals surface area contributed by atoms with Gasteiger partial charge in [0.2, 0.25) is 5.78 Å². The molecule has 4 nitrogen and oxygen atoms in total. The van der Waals surface area contributed by atoms with Crippen LogP contribution >= 0.6 is 22.9 Å². The van der Waals surface area contributed by atoms with E-state index in [0.29, 0.717) is 10.6 Å². The lowest BCUT2D eigenvalue weighted by atomic mass is 10.1. The molecule has 0 atom stereocenters. The number of nitrogens with two attached hydrogens (primary N) is 1. The summed E-state index contributed by atoms with van der Waals surface area (Å²) >= 11 is 7.30. The third-order valence-corrected chi connectivity index (χ3v) is 4.11. The van der Waals surface area contributed by atoms with E-state index in [9.17, 15) is 9.59 Å². The molecule has 0 fully saturated rings. The molecule has 2 rings (SSSR count). The number of nitrogen functional groups attached to an aromatic ring is 1. The van der Waals surface area contributed by atoms with Crippen LogP contribution in [0.3, 0.4) is 0 Å². The lowest BCUT2D eigenvalue weighted by Gasteiger charge is -2.06. The Morgan fingerprint density at radius 3 is 2.52 bits per heavy atom. The van der Waals surface area contributed by atoms with Crippen LogP contribution < -0.4 is 5.73 Å². The van der Waals surface area contributed by atoms with Crippen LogP contribution in [0.15, 0.2) is 24.3 Å². The minimum atomic E-state index is -0.637. The van der Waals surface area contributed by atoms with Gasteiger partial charge in [-0.05, 0) is 38.1 Å². The van der Waals surface area contributed by atoms with Gasteiger partial charge in [0.25, 0.3) is 0 Å². The maximum atomic E-state index is 12.0. The zero-order valence-corrected chi connectivity index (χ0v) is 13.2. The van der Waals surface area contributed by atoms with Gasteiger partial charge in [0.05, 0.1) is 5.56 Å². The molecule has 21 heavy (non-hydrogen) atoms. The van der Waals surface area contributed by atoms with Crippen LogP contribution in [0.2, 0.25) is 5.02 Å². The largest absolute Gasteiger partial charge is 0.454 e. The van der Waals surface area contributed by atoms with Crippen LogP contribution in [0.5, 0.6) is 0 Å². The summed E-state index contributed by atoms with van der Waals surface area (Å²) in [7, 11) is 0. The summed E-state index contributed by atoms with van der Waals surface area (Å²) in [4.78, 5) is 25.9. The number of ether oxygens (including phenoxy) is 1. The summed E-state index contributed by atoms with van der Waals surface area (Å²) in [6.45, 7) is 3.48. The number of thiophene rings is 1. The number of aryl methyl sites for hydroxylation is 2. The molecule has 2 aromatic rings. The first kappa shape index (κ1) is 15.5. The number of Topliss-reactive ketones (excluding diaryl/α,β-unsaturated/α-hetero) is 1. The van der Waals surface area contributed by atoms with E-state index in [1.54, 1.807) is 12.1 Å². The van der Waals surface area contributed by atoms with Gasteiger partial charge in [-0.1, -0.05) is 11.6 Å². The Morgan fingerprint density at radius 2 is 1.95 bits per heavy atom. The smallest absolute Gasteiger partial charge is 0.340 e. The number of hydrogen-bond acceptors (Lipinski definition) is 5. The molecule has 0 radical (unpaired) electrons. The highest BCUT2D eigenvalue weighted by atomic mass is 35.5. The number of rotatable bonds is 4. The quantitative estimate of drug-likeness (QED) is 0.530. The lowest BCUT2D eigenvalue weighted by Crippen LogP contribution is -2.15. The number of benzene rings is 1. The molecule has 1 aromatic carbocycles. The van der Waals surface area contributed by atoms with E-state index >= 15 is 0 Å². The van der Waals surface area contributed by atoms with Crippen LogP contribution in [-0.4, -0.2) is 18.4 Å². The normalized spacial score (nSPS) is 10.4. The molecule has 0 aliphatic carbocycles. The molecule has 1 heterocycles. The Labute approximate surface area is 131 Å². The van der Waals surface area contributed by atoms with Crippen LogP contribution in [0.25, 0.3) is 0 Å². The molecule has 6 heteroatoms. The molecule has 0 bridgehead atoms. The number of ketones is 1. The molecule has 2 N–H and O–H groups in total. The van der Waals surface area contributed by atoms with Gasteiger partial charge in [-0.3, -0.25) is 4.79 Å². The van der Waals surface area contributed by atoms with Crippen molar-refractivity contribution in [2.24, 2.45) is 0 Å². The van der Waals surface area contributed by atoms with Crippen molar-refractivity contribution in [1.29, 1.82) is 0 Å². The third kappa shape index (κ3) is 3.62. The lowest BCUT2D eigenvalue weighted by molar-refractivity contribution is 0.0475. The van der Waals surface area contributed by atoms with Gasteiger partial charge < -0.3 is 10.5 Å². The minimum Gasteiger partial charge on any atom is -0.454 e. The van der Waals surface area contributed by atoms with Gasteiger partial charge in [0.1, 0.15) is 0 Å². The molecule has 0 saturated heterocycles. The third-order valence-electron chi connectivity index (χ3n) is 2.91. The van der Waals surface area contributed by atoms with Crippen molar-refractivity contribution in [1.82, 2.24) is 0 Å². The number of carbonyl (C=O) groups is 2. The van der Waals surface area contributed by atoms with Crippen LogP contribution in [0.1, 0.15) is 30.5 Å². The Kier molecular flexibility index (Phi) is 4.65. The Balaban J connectivity index is 2.04. The monoisotopic (exact) mass is 323 g/mol. The SMILES string of the molecule is Cc1cc(C(=O)COC(=O)c2ccc(Cl)cc2N)c(C)s1.